The molecule has 3 rings (SSSR count). The van der Waals surface area contributed by atoms with E-state index in [1.54, 1.807) is 0 Å². The van der Waals surface area contributed by atoms with Gasteiger partial charge >= 0.3 is 0 Å². The van der Waals surface area contributed by atoms with Gasteiger partial charge < -0.3 is 9.64 Å². The molecular weight excluding hydrogens is 336 g/mol. The van der Waals surface area contributed by atoms with E-state index in [0.29, 0.717) is 13.0 Å². The van der Waals surface area contributed by atoms with Crippen LogP contribution in [-0.4, -0.2) is 55.0 Å². The third kappa shape index (κ3) is 6.81. The standard InChI is InChI=1S/C23H30N2O2/c26-23(13-12-21-8-3-1-4-9-21)25-17-15-24(16-18-25)14-7-19-27-20-22-10-5-2-6-11-22/h1-6,8-11H,7,12-20H2. The molecule has 27 heavy (non-hydrogen) atoms. The number of hydrogen-bond acceptors (Lipinski definition) is 3. The molecule has 144 valence electrons. The number of rotatable bonds is 9. The Bertz CT molecular complexity index is 667. The van der Waals surface area contributed by atoms with Crippen LogP contribution in [0.3, 0.4) is 0 Å². The number of hydrogen-bond donors (Lipinski definition) is 0. The number of amides is 1. The summed E-state index contributed by atoms with van der Waals surface area (Å²) >= 11 is 0. The highest BCUT2D eigenvalue weighted by Gasteiger charge is 2.20. The maximum absolute atomic E-state index is 12.4. The van der Waals surface area contributed by atoms with Crippen LogP contribution in [0.5, 0.6) is 0 Å². The van der Waals surface area contributed by atoms with Crippen LogP contribution in [-0.2, 0) is 22.6 Å². The molecule has 0 atom stereocenters. The van der Waals surface area contributed by atoms with Crippen molar-refractivity contribution in [3.8, 4) is 0 Å². The zero-order valence-electron chi connectivity index (χ0n) is 16.1. The Labute approximate surface area is 162 Å². The van der Waals surface area contributed by atoms with Crippen molar-refractivity contribution in [2.75, 3.05) is 39.3 Å². The summed E-state index contributed by atoms with van der Waals surface area (Å²) in [7, 11) is 0. The maximum atomic E-state index is 12.4. The Morgan fingerprint density at radius 1 is 0.852 bits per heavy atom. The fourth-order valence-corrected chi connectivity index (χ4v) is 3.43. The normalized spacial score (nSPS) is 15.0. The molecule has 0 spiro atoms. The summed E-state index contributed by atoms with van der Waals surface area (Å²) in [6.45, 7) is 6.14. The monoisotopic (exact) mass is 366 g/mol. The van der Waals surface area contributed by atoms with Gasteiger partial charge in [0.05, 0.1) is 6.61 Å². The molecule has 0 unspecified atom stereocenters. The van der Waals surface area contributed by atoms with E-state index in [-0.39, 0.29) is 5.91 Å². The maximum Gasteiger partial charge on any atom is 0.222 e. The number of carbonyl (C=O) groups excluding carboxylic acids is 1. The summed E-state index contributed by atoms with van der Waals surface area (Å²) in [6, 6.07) is 20.5. The molecule has 4 nitrogen and oxygen atoms in total. The van der Waals surface area contributed by atoms with Gasteiger partial charge in [-0.15, -0.1) is 0 Å². The van der Waals surface area contributed by atoms with Crippen molar-refractivity contribution in [1.29, 1.82) is 0 Å². The summed E-state index contributed by atoms with van der Waals surface area (Å²) in [5.41, 5.74) is 2.46. The van der Waals surface area contributed by atoms with E-state index in [1.165, 1.54) is 11.1 Å². The van der Waals surface area contributed by atoms with E-state index in [1.807, 2.05) is 41.3 Å². The second-order valence-corrected chi connectivity index (χ2v) is 7.10. The molecule has 1 heterocycles. The van der Waals surface area contributed by atoms with Crippen LogP contribution < -0.4 is 0 Å². The van der Waals surface area contributed by atoms with Gasteiger partial charge in [-0.05, 0) is 24.0 Å². The van der Waals surface area contributed by atoms with Crippen molar-refractivity contribution in [3.63, 3.8) is 0 Å². The smallest absolute Gasteiger partial charge is 0.222 e. The van der Waals surface area contributed by atoms with E-state index in [0.717, 1.165) is 52.2 Å². The van der Waals surface area contributed by atoms with Gasteiger partial charge in [-0.1, -0.05) is 60.7 Å². The lowest BCUT2D eigenvalue weighted by molar-refractivity contribution is -0.132. The van der Waals surface area contributed by atoms with Crippen LogP contribution in [0.2, 0.25) is 0 Å². The zero-order chi connectivity index (χ0) is 18.7. The van der Waals surface area contributed by atoms with Crippen LogP contribution in [0, 0.1) is 0 Å². The molecule has 0 aromatic heterocycles. The van der Waals surface area contributed by atoms with Crippen molar-refractivity contribution in [2.45, 2.75) is 25.9 Å². The largest absolute Gasteiger partial charge is 0.377 e. The number of carbonyl (C=O) groups is 1. The third-order valence-corrected chi connectivity index (χ3v) is 5.07. The summed E-state index contributed by atoms with van der Waals surface area (Å²) in [4.78, 5) is 16.9. The number of ether oxygens (including phenoxy) is 1. The SMILES string of the molecule is O=C(CCc1ccccc1)N1CCN(CCCOCc2ccccc2)CC1. The second-order valence-electron chi connectivity index (χ2n) is 7.10. The topological polar surface area (TPSA) is 32.8 Å². The molecule has 1 amide bonds. The molecule has 2 aromatic rings. The van der Waals surface area contributed by atoms with Crippen molar-refractivity contribution in [2.24, 2.45) is 0 Å². The highest BCUT2D eigenvalue weighted by atomic mass is 16.5. The molecule has 4 heteroatoms. The number of piperazine rings is 1. The Kier molecular flexibility index (Phi) is 7.87. The lowest BCUT2D eigenvalue weighted by Crippen LogP contribution is -2.49. The minimum atomic E-state index is 0.282. The molecule has 1 saturated heterocycles. The van der Waals surface area contributed by atoms with Crippen molar-refractivity contribution < 1.29 is 9.53 Å². The molecule has 1 aliphatic heterocycles. The molecule has 0 bridgehead atoms. The Morgan fingerprint density at radius 2 is 1.48 bits per heavy atom. The predicted molar refractivity (Wildman–Crippen MR) is 108 cm³/mol. The second kappa shape index (κ2) is 10.9. The Balaban J connectivity index is 1.26. The Hall–Kier alpha value is -2.17. The molecule has 2 aromatic carbocycles. The van der Waals surface area contributed by atoms with Gasteiger partial charge in [0.25, 0.3) is 0 Å². The van der Waals surface area contributed by atoms with Crippen LogP contribution >= 0.6 is 0 Å². The van der Waals surface area contributed by atoms with Crippen LogP contribution in [0.25, 0.3) is 0 Å². The highest BCUT2D eigenvalue weighted by Crippen LogP contribution is 2.08. The fraction of sp³-hybridized carbons (Fsp3) is 0.435. The molecule has 0 aliphatic carbocycles. The number of nitrogens with zero attached hydrogens (tertiary/aromatic N) is 2. The summed E-state index contributed by atoms with van der Waals surface area (Å²) < 4.78 is 5.75. The van der Waals surface area contributed by atoms with E-state index in [4.69, 9.17) is 4.74 Å². The van der Waals surface area contributed by atoms with Crippen LogP contribution in [0.4, 0.5) is 0 Å². The third-order valence-electron chi connectivity index (χ3n) is 5.07. The van der Waals surface area contributed by atoms with Gasteiger partial charge in [0.2, 0.25) is 5.91 Å². The van der Waals surface area contributed by atoms with Gasteiger partial charge in [0, 0.05) is 45.8 Å². The first kappa shape index (κ1) is 19.6. The van der Waals surface area contributed by atoms with Gasteiger partial charge in [-0.3, -0.25) is 9.69 Å². The first-order valence-corrected chi connectivity index (χ1v) is 9.97. The molecule has 1 fully saturated rings. The van der Waals surface area contributed by atoms with Gasteiger partial charge in [-0.25, -0.2) is 0 Å². The van der Waals surface area contributed by atoms with Gasteiger partial charge in [-0.2, -0.15) is 0 Å². The fourth-order valence-electron chi connectivity index (χ4n) is 3.43. The molecule has 0 N–H and O–H groups in total. The number of benzene rings is 2. The van der Waals surface area contributed by atoms with Crippen molar-refractivity contribution in [3.05, 3.63) is 71.8 Å². The van der Waals surface area contributed by atoms with Gasteiger partial charge in [0.15, 0.2) is 0 Å². The van der Waals surface area contributed by atoms with E-state index in [9.17, 15) is 4.79 Å². The van der Waals surface area contributed by atoms with Crippen LogP contribution in [0.1, 0.15) is 24.0 Å². The summed E-state index contributed by atoms with van der Waals surface area (Å²) in [6.07, 6.45) is 2.48. The zero-order valence-corrected chi connectivity index (χ0v) is 16.1. The lowest BCUT2D eigenvalue weighted by Gasteiger charge is -2.34. The van der Waals surface area contributed by atoms with Crippen molar-refractivity contribution >= 4 is 5.91 Å². The van der Waals surface area contributed by atoms with E-state index >= 15 is 0 Å². The Morgan fingerprint density at radius 3 is 2.15 bits per heavy atom. The quantitative estimate of drug-likeness (QED) is 0.638. The van der Waals surface area contributed by atoms with E-state index in [2.05, 4.69) is 29.2 Å². The van der Waals surface area contributed by atoms with E-state index < -0.39 is 0 Å². The first-order valence-electron chi connectivity index (χ1n) is 9.97. The summed E-state index contributed by atoms with van der Waals surface area (Å²) in [5.74, 6) is 0.282. The number of aryl methyl sites for hydroxylation is 1. The lowest BCUT2D eigenvalue weighted by atomic mass is 10.1. The summed E-state index contributed by atoms with van der Waals surface area (Å²) in [5, 5.41) is 0. The average Bonchev–Trinajstić information content (AvgIpc) is 2.74. The highest BCUT2D eigenvalue weighted by molar-refractivity contribution is 5.76. The van der Waals surface area contributed by atoms with Crippen LogP contribution in [0.15, 0.2) is 60.7 Å². The van der Waals surface area contributed by atoms with Gasteiger partial charge in [0.1, 0.15) is 0 Å². The molecule has 1 aliphatic rings. The minimum Gasteiger partial charge on any atom is -0.377 e. The molecular formula is C23H30N2O2. The molecule has 0 radical (unpaired) electrons. The predicted octanol–water partition coefficient (Wildman–Crippen LogP) is 3.37. The first-order chi connectivity index (χ1) is 13.3. The minimum absolute atomic E-state index is 0.282. The molecule has 0 saturated carbocycles. The average molecular weight is 367 g/mol. The van der Waals surface area contributed by atoms with Crippen molar-refractivity contribution in [1.82, 2.24) is 9.80 Å².